The van der Waals surface area contributed by atoms with Crippen molar-refractivity contribution < 1.29 is 14.4 Å². The molecule has 0 fully saturated rings. The highest BCUT2D eigenvalue weighted by Crippen LogP contribution is 2.22. The maximum absolute atomic E-state index is 11.1. The van der Waals surface area contributed by atoms with Crippen molar-refractivity contribution in [2.45, 2.75) is 116 Å². The zero-order valence-electron chi connectivity index (χ0n) is 19.5. The molecular formula is C25H45N3O2. The number of aliphatic carboxylic acids is 1. The maximum Gasteiger partial charge on any atom is 0.213 e. The van der Waals surface area contributed by atoms with Gasteiger partial charge in [0.25, 0.3) is 0 Å². The van der Waals surface area contributed by atoms with E-state index in [1.807, 2.05) is 6.92 Å². The van der Waals surface area contributed by atoms with Crippen LogP contribution in [0.3, 0.4) is 0 Å². The first-order chi connectivity index (χ1) is 14.5. The molecule has 0 saturated carbocycles. The first-order valence-corrected chi connectivity index (χ1v) is 12.3. The van der Waals surface area contributed by atoms with Gasteiger partial charge in [-0.25, -0.2) is 9.48 Å². The highest BCUT2D eigenvalue weighted by atomic mass is 16.4. The van der Waals surface area contributed by atoms with Crippen LogP contribution in [0.1, 0.15) is 110 Å². The Hall–Kier alpha value is -1.46. The number of hydrogen-bond donors (Lipinski definition) is 1. The van der Waals surface area contributed by atoms with Crippen molar-refractivity contribution >= 4 is 11.8 Å². The number of aliphatic imine (C=N–C) groups is 1. The molecule has 0 aromatic carbocycles. The van der Waals surface area contributed by atoms with Gasteiger partial charge in [0.05, 0.1) is 18.6 Å². The molecule has 1 aliphatic heterocycles. The maximum atomic E-state index is 11.1. The van der Waals surface area contributed by atoms with Crippen molar-refractivity contribution in [3.05, 3.63) is 24.6 Å². The number of carboxylic acids is 1. The van der Waals surface area contributed by atoms with Gasteiger partial charge in [-0.05, 0) is 12.8 Å². The van der Waals surface area contributed by atoms with Gasteiger partial charge in [-0.1, -0.05) is 96.1 Å². The molecule has 0 bridgehead atoms. The van der Waals surface area contributed by atoms with E-state index in [0.717, 1.165) is 12.3 Å². The molecule has 0 aliphatic carbocycles. The molecular weight excluding hydrogens is 374 g/mol. The van der Waals surface area contributed by atoms with Crippen LogP contribution >= 0.6 is 0 Å². The molecule has 0 aromatic rings. The quantitative estimate of drug-likeness (QED) is 0.178. The number of amidine groups is 1. The summed E-state index contributed by atoms with van der Waals surface area (Å²) in [5, 5.41) is 11.1. The van der Waals surface area contributed by atoms with E-state index in [-0.39, 0.29) is 17.2 Å². The second-order valence-corrected chi connectivity index (χ2v) is 8.75. The van der Waals surface area contributed by atoms with E-state index < -0.39 is 5.97 Å². The predicted octanol–water partition coefficient (Wildman–Crippen LogP) is 5.17. The molecule has 2 N–H and O–H groups in total. The van der Waals surface area contributed by atoms with Crippen LogP contribution in [0.5, 0.6) is 0 Å². The Morgan fingerprint density at radius 3 is 2.03 bits per heavy atom. The van der Waals surface area contributed by atoms with Crippen LogP contribution in [-0.4, -0.2) is 29.0 Å². The van der Waals surface area contributed by atoms with E-state index in [2.05, 4.69) is 24.1 Å². The van der Waals surface area contributed by atoms with Gasteiger partial charge < -0.3 is 9.90 Å². The smallest absolute Gasteiger partial charge is 0.213 e. The molecule has 2 unspecified atom stereocenters. The van der Waals surface area contributed by atoms with Crippen LogP contribution in [0, 0.1) is 0 Å². The minimum Gasteiger partial charge on any atom is -0.544 e. The average molecular weight is 420 g/mol. The van der Waals surface area contributed by atoms with Gasteiger partial charge >= 0.3 is 0 Å². The molecule has 2 atom stereocenters. The highest BCUT2D eigenvalue weighted by molar-refractivity contribution is 5.82. The molecule has 30 heavy (non-hydrogen) atoms. The third-order valence-electron chi connectivity index (χ3n) is 6.10. The second kappa shape index (κ2) is 16.3. The van der Waals surface area contributed by atoms with Gasteiger partial charge in [0, 0.05) is 6.92 Å². The Balaban J connectivity index is 2.04. The number of quaternary nitrogens is 1. The van der Waals surface area contributed by atoms with Crippen LogP contribution < -0.4 is 10.8 Å². The molecule has 0 radical (unpaired) electrons. The van der Waals surface area contributed by atoms with E-state index in [4.69, 9.17) is 5.73 Å². The summed E-state index contributed by atoms with van der Waals surface area (Å²) in [5.41, 5.74) is 6.06. The number of nitrogens with zero attached hydrogens (tertiary/aromatic N) is 2. The molecule has 172 valence electrons. The minimum absolute atomic E-state index is 0.0609. The Morgan fingerprint density at radius 2 is 1.53 bits per heavy atom. The van der Waals surface area contributed by atoms with E-state index in [1.165, 1.54) is 83.5 Å². The number of carbonyl (C=O) groups excluding carboxylic acids is 1. The lowest BCUT2D eigenvalue weighted by molar-refractivity contribution is -0.807. The summed E-state index contributed by atoms with van der Waals surface area (Å²) < 4.78 is 0.0609. The van der Waals surface area contributed by atoms with Crippen LogP contribution in [0.15, 0.2) is 29.5 Å². The van der Waals surface area contributed by atoms with Crippen molar-refractivity contribution in [3.63, 3.8) is 0 Å². The number of unbranched alkanes of at least 4 members (excludes halogenated alkanes) is 13. The van der Waals surface area contributed by atoms with E-state index >= 15 is 0 Å². The number of rotatable bonds is 19. The van der Waals surface area contributed by atoms with Crippen LogP contribution in [-0.2, 0) is 4.79 Å². The Bertz CT molecular complexity index is 555. The summed E-state index contributed by atoms with van der Waals surface area (Å²) in [5.74, 6) is -0.335. The van der Waals surface area contributed by atoms with E-state index in [1.54, 1.807) is 12.4 Å². The molecule has 1 heterocycles. The summed E-state index contributed by atoms with van der Waals surface area (Å²) in [4.78, 5) is 15.5. The molecule has 0 saturated heterocycles. The summed E-state index contributed by atoms with van der Waals surface area (Å²) in [6, 6.07) is 0. The molecule has 5 heteroatoms. The van der Waals surface area contributed by atoms with Gasteiger partial charge in [-0.15, -0.1) is 0 Å². The first kappa shape index (κ1) is 26.6. The molecule has 1 aliphatic rings. The van der Waals surface area contributed by atoms with Crippen molar-refractivity contribution in [1.82, 2.24) is 0 Å². The normalized spacial score (nSPS) is 19.5. The predicted molar refractivity (Wildman–Crippen MR) is 124 cm³/mol. The second-order valence-electron chi connectivity index (χ2n) is 8.75. The van der Waals surface area contributed by atoms with Gasteiger partial charge in [0.1, 0.15) is 18.9 Å². The van der Waals surface area contributed by atoms with Crippen molar-refractivity contribution in [2.24, 2.45) is 10.7 Å². The standard InChI is InChI=1S/C25H45N3O2/c1-3-4-5-6-7-8-9-10-11-12-13-14-15-16-17-18-19-24-27-20-21-28(24,23(2)26)22-25(29)30/h17-18,20-21,23H,3-16,19,22,26H2,1-2H3/b18-17+. The van der Waals surface area contributed by atoms with Crippen molar-refractivity contribution in [3.8, 4) is 0 Å². The fourth-order valence-corrected chi connectivity index (χ4v) is 4.11. The third kappa shape index (κ3) is 10.5. The number of carboxylic acid groups (broad SMARTS) is 1. The molecule has 1 rings (SSSR count). The van der Waals surface area contributed by atoms with Crippen molar-refractivity contribution in [2.75, 3.05) is 6.54 Å². The van der Waals surface area contributed by atoms with Crippen molar-refractivity contribution in [1.29, 1.82) is 0 Å². The van der Waals surface area contributed by atoms with Gasteiger partial charge in [-0.2, -0.15) is 0 Å². The first-order valence-electron chi connectivity index (χ1n) is 12.3. The van der Waals surface area contributed by atoms with Gasteiger partial charge in [0.15, 0.2) is 0 Å². The van der Waals surface area contributed by atoms with E-state index in [9.17, 15) is 9.90 Å². The van der Waals surface area contributed by atoms with Crippen LogP contribution in [0.25, 0.3) is 0 Å². The summed E-state index contributed by atoms with van der Waals surface area (Å²) in [6.07, 6.45) is 26.8. The van der Waals surface area contributed by atoms with Crippen LogP contribution in [0.4, 0.5) is 0 Å². The molecule has 0 amide bonds. The zero-order valence-corrected chi connectivity index (χ0v) is 19.5. The Kier molecular flexibility index (Phi) is 14.4. The number of nitrogens with two attached hydrogens (primary N) is 1. The number of hydrogen-bond acceptors (Lipinski definition) is 4. The molecule has 5 nitrogen and oxygen atoms in total. The lowest BCUT2D eigenvalue weighted by Crippen LogP contribution is -2.60. The average Bonchev–Trinajstić information content (AvgIpc) is 3.10. The Morgan fingerprint density at radius 1 is 1.00 bits per heavy atom. The Labute approximate surface area is 184 Å². The minimum atomic E-state index is -1.11. The van der Waals surface area contributed by atoms with Gasteiger partial charge in [-0.3, -0.25) is 5.73 Å². The topological polar surface area (TPSA) is 78.5 Å². The third-order valence-corrected chi connectivity index (χ3v) is 6.10. The monoisotopic (exact) mass is 419 g/mol. The fourth-order valence-electron chi connectivity index (χ4n) is 4.11. The summed E-state index contributed by atoms with van der Waals surface area (Å²) >= 11 is 0. The molecule has 0 spiro atoms. The summed E-state index contributed by atoms with van der Waals surface area (Å²) in [6.45, 7) is 3.92. The van der Waals surface area contributed by atoms with E-state index in [0.29, 0.717) is 6.42 Å². The highest BCUT2D eigenvalue weighted by Gasteiger charge is 2.38. The van der Waals surface area contributed by atoms with Crippen LogP contribution in [0.2, 0.25) is 0 Å². The zero-order chi connectivity index (χ0) is 22.1. The molecule has 0 aromatic heterocycles. The summed E-state index contributed by atoms with van der Waals surface area (Å²) in [7, 11) is 0. The number of allylic oxidation sites excluding steroid dienone is 1. The lowest BCUT2D eigenvalue weighted by atomic mass is 10.0. The lowest BCUT2D eigenvalue weighted by Gasteiger charge is -2.35. The largest absolute Gasteiger partial charge is 0.544 e. The SMILES string of the molecule is CCCCCCCCCCCCCCC/C=C/CC1=NC=C[N+]1(CC(=O)[O-])C(C)N. The number of carbonyl (C=O) groups is 1. The van der Waals surface area contributed by atoms with Gasteiger partial charge in [0.2, 0.25) is 5.84 Å². The fraction of sp³-hybridized carbons (Fsp3) is 0.760.